The molecule has 0 radical (unpaired) electrons. The van der Waals surface area contributed by atoms with Gasteiger partial charge in [0.15, 0.2) is 0 Å². The van der Waals surface area contributed by atoms with Crippen LogP contribution in [0.15, 0.2) is 0 Å². The van der Waals surface area contributed by atoms with Crippen LogP contribution in [0.1, 0.15) is 33.1 Å². The Kier molecular flexibility index (Phi) is 3.92. The summed E-state index contributed by atoms with van der Waals surface area (Å²) in [4.78, 5) is 24.4. The van der Waals surface area contributed by atoms with Crippen molar-refractivity contribution in [1.82, 2.24) is 10.2 Å². The summed E-state index contributed by atoms with van der Waals surface area (Å²) >= 11 is 0. The third kappa shape index (κ3) is 2.72. The van der Waals surface area contributed by atoms with Gasteiger partial charge in [0.25, 0.3) is 0 Å². The van der Waals surface area contributed by atoms with Crippen LogP contribution in [-0.2, 0) is 4.79 Å². The molecule has 1 saturated heterocycles. The zero-order chi connectivity index (χ0) is 10.6. The van der Waals surface area contributed by atoms with E-state index in [-0.39, 0.29) is 17.9 Å². The normalized spacial score (nSPS) is 23.3. The highest BCUT2D eigenvalue weighted by molar-refractivity contribution is 5.95. The molecule has 1 unspecified atom stereocenters. The van der Waals surface area contributed by atoms with Crippen molar-refractivity contribution in [3.05, 3.63) is 0 Å². The Labute approximate surface area is 84.7 Å². The van der Waals surface area contributed by atoms with Gasteiger partial charge in [-0.1, -0.05) is 20.3 Å². The van der Waals surface area contributed by atoms with Crippen molar-refractivity contribution in [2.45, 2.75) is 33.1 Å². The van der Waals surface area contributed by atoms with Gasteiger partial charge in [-0.25, -0.2) is 4.79 Å². The summed E-state index contributed by atoms with van der Waals surface area (Å²) in [7, 11) is 0. The predicted octanol–water partition coefficient (Wildman–Crippen LogP) is 1.36. The minimum atomic E-state index is -0.229. The van der Waals surface area contributed by atoms with E-state index in [2.05, 4.69) is 5.32 Å². The number of nitrogens with zero attached hydrogens (tertiary/aromatic N) is 1. The van der Waals surface area contributed by atoms with E-state index in [1.165, 1.54) is 4.90 Å². The second-order valence-electron chi connectivity index (χ2n) is 3.89. The van der Waals surface area contributed by atoms with Crippen molar-refractivity contribution in [1.29, 1.82) is 0 Å². The highest BCUT2D eigenvalue weighted by Crippen LogP contribution is 2.10. The number of carbonyl (C=O) groups is 2. The van der Waals surface area contributed by atoms with E-state index in [0.29, 0.717) is 19.5 Å². The quantitative estimate of drug-likeness (QED) is 0.744. The molecule has 0 spiro atoms. The maximum Gasteiger partial charge on any atom is 0.324 e. The first-order valence-corrected chi connectivity index (χ1v) is 5.23. The Morgan fingerprint density at radius 3 is 2.86 bits per heavy atom. The molecule has 0 aliphatic carbocycles. The number of imide groups is 1. The Balaban J connectivity index is 2.59. The summed E-state index contributed by atoms with van der Waals surface area (Å²) in [6.07, 6.45) is 2.35. The van der Waals surface area contributed by atoms with Crippen molar-refractivity contribution in [2.75, 3.05) is 13.1 Å². The van der Waals surface area contributed by atoms with E-state index in [4.69, 9.17) is 0 Å². The van der Waals surface area contributed by atoms with Crippen LogP contribution in [0, 0.1) is 5.92 Å². The van der Waals surface area contributed by atoms with E-state index in [1.807, 2.05) is 13.8 Å². The smallest absolute Gasteiger partial charge is 0.324 e. The van der Waals surface area contributed by atoms with E-state index in [0.717, 1.165) is 12.8 Å². The van der Waals surface area contributed by atoms with Crippen LogP contribution in [0.5, 0.6) is 0 Å². The van der Waals surface area contributed by atoms with Gasteiger partial charge >= 0.3 is 6.03 Å². The standard InChI is InChI=1S/C10H18N2O2/c1-3-4-5-12-9(13)6-8(2)7-11-10(12)14/h8H,3-7H2,1-2H3,(H,11,14). The van der Waals surface area contributed by atoms with Crippen molar-refractivity contribution in [3.8, 4) is 0 Å². The Bertz CT molecular complexity index is 228. The molecule has 0 aromatic rings. The molecule has 0 aromatic carbocycles. The average Bonchev–Trinajstić information content (AvgIpc) is 2.25. The largest absolute Gasteiger partial charge is 0.337 e. The van der Waals surface area contributed by atoms with Gasteiger partial charge in [-0.05, 0) is 12.3 Å². The van der Waals surface area contributed by atoms with E-state index < -0.39 is 0 Å². The second-order valence-corrected chi connectivity index (χ2v) is 3.89. The number of amides is 3. The lowest BCUT2D eigenvalue weighted by atomic mass is 10.1. The van der Waals surface area contributed by atoms with Crippen LogP contribution in [0.3, 0.4) is 0 Å². The van der Waals surface area contributed by atoms with Crippen molar-refractivity contribution in [2.24, 2.45) is 5.92 Å². The molecule has 1 atom stereocenters. The number of nitrogens with one attached hydrogen (secondary N) is 1. The van der Waals surface area contributed by atoms with Crippen LogP contribution in [0.4, 0.5) is 4.79 Å². The van der Waals surface area contributed by atoms with Crippen LogP contribution in [-0.4, -0.2) is 29.9 Å². The third-order valence-electron chi connectivity index (χ3n) is 2.41. The van der Waals surface area contributed by atoms with E-state index in [1.54, 1.807) is 0 Å². The summed E-state index contributed by atoms with van der Waals surface area (Å²) in [5.74, 6) is 0.207. The second kappa shape index (κ2) is 4.98. The third-order valence-corrected chi connectivity index (χ3v) is 2.41. The lowest BCUT2D eigenvalue weighted by Crippen LogP contribution is -2.41. The Morgan fingerprint density at radius 2 is 2.21 bits per heavy atom. The first-order chi connectivity index (χ1) is 6.65. The maximum absolute atomic E-state index is 11.6. The summed E-state index contributed by atoms with van der Waals surface area (Å²) in [6.45, 7) is 5.17. The molecule has 4 nitrogen and oxygen atoms in total. The van der Waals surface area contributed by atoms with Crippen LogP contribution in [0.25, 0.3) is 0 Å². The highest BCUT2D eigenvalue weighted by Gasteiger charge is 2.26. The molecular weight excluding hydrogens is 180 g/mol. The molecule has 0 aromatic heterocycles. The van der Waals surface area contributed by atoms with Gasteiger partial charge in [0.1, 0.15) is 0 Å². The average molecular weight is 198 g/mol. The van der Waals surface area contributed by atoms with Gasteiger partial charge in [0.2, 0.25) is 5.91 Å². The molecule has 3 amide bonds. The number of urea groups is 1. The molecule has 1 rings (SSSR count). The number of unbranched alkanes of at least 4 members (excludes halogenated alkanes) is 1. The zero-order valence-electron chi connectivity index (χ0n) is 8.88. The fraction of sp³-hybridized carbons (Fsp3) is 0.800. The summed E-state index contributed by atoms with van der Waals surface area (Å²) < 4.78 is 0. The number of rotatable bonds is 3. The Hall–Kier alpha value is -1.06. The SMILES string of the molecule is CCCCN1C(=O)CC(C)CNC1=O. The van der Waals surface area contributed by atoms with Crippen LogP contribution >= 0.6 is 0 Å². The van der Waals surface area contributed by atoms with Crippen LogP contribution < -0.4 is 5.32 Å². The maximum atomic E-state index is 11.6. The molecule has 1 heterocycles. The predicted molar refractivity (Wildman–Crippen MR) is 53.8 cm³/mol. The van der Waals surface area contributed by atoms with Crippen molar-refractivity contribution < 1.29 is 9.59 Å². The first-order valence-electron chi connectivity index (χ1n) is 5.23. The summed E-state index contributed by atoms with van der Waals surface area (Å²) in [5, 5.41) is 2.75. The minimum Gasteiger partial charge on any atom is -0.337 e. The number of hydrogen-bond donors (Lipinski definition) is 1. The lowest BCUT2D eigenvalue weighted by Gasteiger charge is -2.17. The number of carbonyl (C=O) groups excluding carboxylic acids is 2. The zero-order valence-corrected chi connectivity index (χ0v) is 8.88. The van der Waals surface area contributed by atoms with Crippen molar-refractivity contribution >= 4 is 11.9 Å². The first kappa shape index (κ1) is 11.0. The molecule has 1 N–H and O–H groups in total. The molecule has 0 saturated carbocycles. The van der Waals surface area contributed by atoms with Gasteiger partial charge < -0.3 is 5.32 Å². The van der Waals surface area contributed by atoms with Gasteiger partial charge in [0.05, 0.1) is 0 Å². The molecule has 0 bridgehead atoms. The Morgan fingerprint density at radius 1 is 1.50 bits per heavy atom. The minimum absolute atomic E-state index is 0.0408. The fourth-order valence-corrected chi connectivity index (χ4v) is 1.49. The monoisotopic (exact) mass is 198 g/mol. The van der Waals surface area contributed by atoms with E-state index >= 15 is 0 Å². The summed E-state index contributed by atoms with van der Waals surface area (Å²) in [6, 6.07) is -0.229. The highest BCUT2D eigenvalue weighted by atomic mass is 16.2. The molecule has 1 fully saturated rings. The van der Waals surface area contributed by atoms with E-state index in [9.17, 15) is 9.59 Å². The van der Waals surface area contributed by atoms with Gasteiger partial charge in [0, 0.05) is 19.5 Å². The molecule has 1 aliphatic rings. The molecule has 1 aliphatic heterocycles. The fourth-order valence-electron chi connectivity index (χ4n) is 1.49. The molecule has 4 heteroatoms. The molecular formula is C10H18N2O2. The van der Waals surface area contributed by atoms with Gasteiger partial charge in [-0.15, -0.1) is 0 Å². The summed E-state index contributed by atoms with van der Waals surface area (Å²) in [5.41, 5.74) is 0. The van der Waals surface area contributed by atoms with Gasteiger partial charge in [-0.2, -0.15) is 0 Å². The number of hydrogen-bond acceptors (Lipinski definition) is 2. The van der Waals surface area contributed by atoms with Crippen molar-refractivity contribution in [3.63, 3.8) is 0 Å². The lowest BCUT2D eigenvalue weighted by molar-refractivity contribution is -0.128. The molecule has 14 heavy (non-hydrogen) atoms. The van der Waals surface area contributed by atoms with Crippen LogP contribution in [0.2, 0.25) is 0 Å². The molecule has 80 valence electrons. The van der Waals surface area contributed by atoms with Gasteiger partial charge in [-0.3, -0.25) is 9.69 Å². The topological polar surface area (TPSA) is 49.4 Å².